The minimum absolute atomic E-state index is 0.282. The summed E-state index contributed by atoms with van der Waals surface area (Å²) in [7, 11) is 0. The summed E-state index contributed by atoms with van der Waals surface area (Å²) in [4.78, 5) is 19.3. The molecule has 0 saturated heterocycles. The third-order valence-electron chi connectivity index (χ3n) is 0.531. The fourth-order valence-electron chi connectivity index (χ4n) is 0.243. The van der Waals surface area contributed by atoms with Crippen molar-refractivity contribution in [3.8, 4) is 0 Å². The Kier molecular flexibility index (Phi) is 11.4. The monoisotopic (exact) mass is 192 g/mol. The zero-order chi connectivity index (χ0) is 9.98. The highest BCUT2D eigenvalue weighted by molar-refractivity contribution is 7.80. The van der Waals surface area contributed by atoms with Gasteiger partial charge in [0.25, 0.3) is 5.97 Å². The average Bonchev–Trinajstić information content (AvgIpc) is 1.87. The van der Waals surface area contributed by atoms with Crippen molar-refractivity contribution in [3.05, 3.63) is 12.8 Å². The largest absolute Gasteiger partial charge is 0.481 e. The smallest absolute Gasteiger partial charge is 0.311 e. The number of thiol groups is 1. The Balaban J connectivity index is 0. The van der Waals surface area contributed by atoms with E-state index in [1.54, 1.807) is 0 Å². The minimum atomic E-state index is -0.833. The average molecular weight is 192 g/mol. The van der Waals surface area contributed by atoms with E-state index in [4.69, 9.17) is 9.90 Å². The van der Waals surface area contributed by atoms with Gasteiger partial charge < -0.3 is 9.84 Å². The first kappa shape index (κ1) is 13.6. The molecule has 0 bridgehead atoms. The molecule has 5 heteroatoms. The summed E-state index contributed by atoms with van der Waals surface area (Å²) in [6.07, 6.45) is 1.46. The third-order valence-corrected chi connectivity index (χ3v) is 0.754. The molecule has 0 aliphatic carbocycles. The van der Waals surface area contributed by atoms with Crippen LogP contribution in [0.2, 0.25) is 0 Å². The molecule has 0 rings (SSSR count). The summed E-state index contributed by atoms with van der Waals surface area (Å²) < 4.78 is 4.36. The van der Waals surface area contributed by atoms with Gasteiger partial charge in [-0.25, -0.2) is 0 Å². The van der Waals surface area contributed by atoms with Crippen molar-refractivity contribution >= 4 is 24.6 Å². The van der Waals surface area contributed by atoms with E-state index in [1.807, 2.05) is 0 Å². The molecular formula is C7H12O4S. The molecule has 0 radical (unpaired) electrons. The Labute approximate surface area is 76.6 Å². The van der Waals surface area contributed by atoms with Crippen molar-refractivity contribution in [3.63, 3.8) is 0 Å². The Bertz CT molecular complexity index is 151. The van der Waals surface area contributed by atoms with Crippen molar-refractivity contribution in [2.75, 3.05) is 5.75 Å². The second-order valence-electron chi connectivity index (χ2n) is 1.65. The van der Waals surface area contributed by atoms with Gasteiger partial charge in [-0.1, -0.05) is 6.58 Å². The lowest BCUT2D eigenvalue weighted by atomic mass is 10.5. The number of carboxylic acids is 1. The van der Waals surface area contributed by atoms with Gasteiger partial charge in [0.2, 0.25) is 0 Å². The van der Waals surface area contributed by atoms with E-state index in [0.717, 1.165) is 13.2 Å². The van der Waals surface area contributed by atoms with Crippen LogP contribution in [0.4, 0.5) is 0 Å². The maximum Gasteiger partial charge on any atom is 0.311 e. The Hall–Kier alpha value is -0.970. The van der Waals surface area contributed by atoms with Gasteiger partial charge in [-0.05, 0) is 0 Å². The number of aliphatic carboxylic acids is 1. The maximum atomic E-state index is 10.3. The lowest BCUT2D eigenvalue weighted by Gasteiger charge is -1.91. The van der Waals surface area contributed by atoms with Crippen molar-refractivity contribution in [2.45, 2.75) is 13.3 Å². The number of carbonyl (C=O) groups excluding carboxylic acids is 1. The second kappa shape index (κ2) is 10.0. The summed E-state index contributed by atoms with van der Waals surface area (Å²) in [5, 5.41) is 7.42. The van der Waals surface area contributed by atoms with E-state index >= 15 is 0 Å². The molecule has 0 aliphatic rings. The molecule has 0 aromatic carbocycles. The highest BCUT2D eigenvalue weighted by atomic mass is 32.1. The normalized spacial score (nSPS) is 7.50. The van der Waals surface area contributed by atoms with Crippen LogP contribution in [0.3, 0.4) is 0 Å². The molecule has 70 valence electrons. The molecule has 1 N–H and O–H groups in total. The standard InChI is InChI=1S/C5H8O2S.C2H4O2/c1-2-7-5(6)3-4-8;1-2(3)4/h2,8H,1,3-4H2;1H3,(H,3,4). The number of hydrogen-bond acceptors (Lipinski definition) is 4. The predicted molar refractivity (Wildman–Crippen MR) is 48.1 cm³/mol. The lowest BCUT2D eigenvalue weighted by molar-refractivity contribution is -0.137. The van der Waals surface area contributed by atoms with Crippen molar-refractivity contribution in [2.24, 2.45) is 0 Å². The van der Waals surface area contributed by atoms with E-state index < -0.39 is 5.97 Å². The predicted octanol–water partition coefficient (Wildman–Crippen LogP) is 1.08. The van der Waals surface area contributed by atoms with E-state index in [2.05, 4.69) is 23.9 Å². The van der Waals surface area contributed by atoms with Crippen LogP contribution in [0.5, 0.6) is 0 Å². The van der Waals surface area contributed by atoms with Gasteiger partial charge in [-0.3, -0.25) is 9.59 Å². The molecule has 0 fully saturated rings. The lowest BCUT2D eigenvalue weighted by Crippen LogP contribution is -1.98. The first-order chi connectivity index (χ1) is 5.54. The molecule has 0 aliphatic heterocycles. The second-order valence-corrected chi connectivity index (χ2v) is 2.10. The topological polar surface area (TPSA) is 63.6 Å². The minimum Gasteiger partial charge on any atom is -0.481 e. The number of rotatable bonds is 3. The quantitative estimate of drug-likeness (QED) is 0.399. The van der Waals surface area contributed by atoms with Gasteiger partial charge in [0.15, 0.2) is 0 Å². The molecule has 0 spiro atoms. The highest BCUT2D eigenvalue weighted by Gasteiger charge is 1.94. The van der Waals surface area contributed by atoms with Gasteiger partial charge >= 0.3 is 5.97 Å². The number of esters is 1. The van der Waals surface area contributed by atoms with E-state index in [1.165, 1.54) is 0 Å². The van der Waals surface area contributed by atoms with Gasteiger partial charge in [-0.15, -0.1) is 0 Å². The molecule has 4 nitrogen and oxygen atoms in total. The van der Waals surface area contributed by atoms with Crippen LogP contribution in [0, 0.1) is 0 Å². The number of carbonyl (C=O) groups is 2. The van der Waals surface area contributed by atoms with Gasteiger partial charge in [-0.2, -0.15) is 12.6 Å². The molecule has 0 atom stereocenters. The van der Waals surface area contributed by atoms with E-state index in [0.29, 0.717) is 12.2 Å². The zero-order valence-electron chi connectivity index (χ0n) is 6.82. The highest BCUT2D eigenvalue weighted by Crippen LogP contribution is 1.87. The molecule has 0 amide bonds. The van der Waals surface area contributed by atoms with Gasteiger partial charge in [0, 0.05) is 12.7 Å². The maximum absolute atomic E-state index is 10.3. The fraction of sp³-hybridized carbons (Fsp3) is 0.429. The fourth-order valence-corrected chi connectivity index (χ4v) is 0.426. The zero-order valence-corrected chi connectivity index (χ0v) is 7.71. The Morgan fingerprint density at radius 3 is 2.33 bits per heavy atom. The Morgan fingerprint density at radius 2 is 2.08 bits per heavy atom. The van der Waals surface area contributed by atoms with Crippen molar-refractivity contribution in [1.29, 1.82) is 0 Å². The van der Waals surface area contributed by atoms with Crippen LogP contribution in [-0.4, -0.2) is 22.8 Å². The van der Waals surface area contributed by atoms with Crippen LogP contribution >= 0.6 is 12.6 Å². The summed E-state index contributed by atoms with van der Waals surface area (Å²) >= 11 is 3.82. The molecule has 0 saturated carbocycles. The van der Waals surface area contributed by atoms with E-state index in [9.17, 15) is 4.79 Å². The number of hydrogen-bond donors (Lipinski definition) is 2. The number of carboxylic acid groups (broad SMARTS) is 1. The number of ether oxygens (including phenoxy) is 1. The summed E-state index contributed by atoms with van der Waals surface area (Å²) in [5.41, 5.74) is 0. The molecule has 0 aromatic rings. The molecular weight excluding hydrogens is 180 g/mol. The van der Waals surface area contributed by atoms with Crippen LogP contribution in [-0.2, 0) is 14.3 Å². The van der Waals surface area contributed by atoms with Gasteiger partial charge in [0.1, 0.15) is 0 Å². The first-order valence-electron chi connectivity index (χ1n) is 3.15. The summed E-state index contributed by atoms with van der Waals surface area (Å²) in [5.74, 6) is -0.595. The van der Waals surface area contributed by atoms with Crippen LogP contribution in [0.1, 0.15) is 13.3 Å². The summed E-state index contributed by atoms with van der Waals surface area (Å²) in [6, 6.07) is 0. The third kappa shape index (κ3) is 23.0. The van der Waals surface area contributed by atoms with Crippen LogP contribution in [0.25, 0.3) is 0 Å². The van der Waals surface area contributed by atoms with Crippen molar-refractivity contribution in [1.82, 2.24) is 0 Å². The molecule has 12 heavy (non-hydrogen) atoms. The Morgan fingerprint density at radius 1 is 1.67 bits per heavy atom. The van der Waals surface area contributed by atoms with Crippen LogP contribution < -0.4 is 0 Å². The van der Waals surface area contributed by atoms with Gasteiger partial charge in [0.05, 0.1) is 12.7 Å². The van der Waals surface area contributed by atoms with E-state index in [-0.39, 0.29) is 5.97 Å². The molecule has 0 heterocycles. The molecule has 0 unspecified atom stereocenters. The SMILES string of the molecule is C=COC(=O)CCS.CC(=O)O. The molecule has 0 aromatic heterocycles. The van der Waals surface area contributed by atoms with Crippen LogP contribution in [0.15, 0.2) is 12.8 Å². The van der Waals surface area contributed by atoms with Crippen molar-refractivity contribution < 1.29 is 19.4 Å². The summed E-state index contributed by atoms with van der Waals surface area (Å²) in [6.45, 7) is 4.30. The first-order valence-corrected chi connectivity index (χ1v) is 3.78.